The second-order valence-corrected chi connectivity index (χ2v) is 7.03. The summed E-state index contributed by atoms with van der Waals surface area (Å²) in [5, 5.41) is 11.2. The van der Waals surface area contributed by atoms with Crippen LogP contribution in [0.25, 0.3) is 11.0 Å². The highest BCUT2D eigenvalue weighted by atomic mass is 16.1. The van der Waals surface area contributed by atoms with E-state index in [1.807, 2.05) is 35.9 Å². The highest BCUT2D eigenvalue weighted by molar-refractivity contribution is 6.05. The van der Waals surface area contributed by atoms with Crippen molar-refractivity contribution >= 4 is 28.3 Å². The number of likely N-dealkylation sites (N-methyl/N-ethyl adjacent to an activating group) is 1. The molecule has 0 unspecified atom stereocenters. The number of benzene rings is 2. The van der Waals surface area contributed by atoms with Crippen LogP contribution >= 0.6 is 0 Å². The van der Waals surface area contributed by atoms with E-state index in [4.69, 9.17) is 0 Å². The zero-order valence-electron chi connectivity index (χ0n) is 16.4. The lowest BCUT2D eigenvalue weighted by Gasteiger charge is -2.35. The maximum absolute atomic E-state index is 12.6. The van der Waals surface area contributed by atoms with Gasteiger partial charge in [0.25, 0.3) is 5.91 Å². The molecular weight excluding hydrogens is 352 g/mol. The lowest BCUT2D eigenvalue weighted by Crippen LogP contribution is -2.46. The fraction of sp³-hybridized carbons (Fsp3) is 0.381. The predicted molar refractivity (Wildman–Crippen MR) is 112 cm³/mol. The topological polar surface area (TPSA) is 66.3 Å². The monoisotopic (exact) mass is 378 g/mol. The molecular formula is C21H26N6O. The number of piperazine rings is 1. The van der Waals surface area contributed by atoms with Crippen molar-refractivity contribution < 1.29 is 4.79 Å². The zero-order chi connectivity index (χ0) is 19.5. The molecule has 1 N–H and O–H groups in total. The first-order valence-corrected chi connectivity index (χ1v) is 9.90. The summed E-state index contributed by atoms with van der Waals surface area (Å²) in [5.41, 5.74) is 4.24. The molecule has 7 nitrogen and oxygen atoms in total. The Morgan fingerprint density at radius 3 is 2.43 bits per heavy atom. The lowest BCUT2D eigenvalue weighted by atomic mass is 10.1. The Hall–Kier alpha value is -2.93. The normalized spacial score (nSPS) is 15.1. The van der Waals surface area contributed by atoms with Gasteiger partial charge in [0.1, 0.15) is 5.52 Å². The molecule has 2 aromatic carbocycles. The minimum atomic E-state index is -0.141. The SMILES string of the molecule is CCN1CCN(c2ccc(NC(=O)c3ccc4c(c3)nnn4CC)cc2)CC1. The molecule has 0 spiro atoms. The van der Waals surface area contributed by atoms with Crippen molar-refractivity contribution in [1.82, 2.24) is 19.9 Å². The molecule has 1 amide bonds. The Balaban J connectivity index is 1.42. The van der Waals surface area contributed by atoms with Crippen LogP contribution in [0.1, 0.15) is 24.2 Å². The molecule has 0 saturated carbocycles. The van der Waals surface area contributed by atoms with Crippen LogP contribution in [0.15, 0.2) is 42.5 Å². The third kappa shape index (κ3) is 3.71. The maximum atomic E-state index is 12.6. The number of carbonyl (C=O) groups excluding carboxylic acids is 1. The average molecular weight is 378 g/mol. The van der Waals surface area contributed by atoms with Gasteiger partial charge in [-0.3, -0.25) is 4.79 Å². The smallest absolute Gasteiger partial charge is 0.255 e. The van der Waals surface area contributed by atoms with E-state index in [2.05, 4.69) is 44.5 Å². The first-order valence-electron chi connectivity index (χ1n) is 9.90. The summed E-state index contributed by atoms with van der Waals surface area (Å²) in [6, 6.07) is 13.6. The van der Waals surface area contributed by atoms with E-state index in [1.54, 1.807) is 6.07 Å². The molecule has 0 radical (unpaired) electrons. The van der Waals surface area contributed by atoms with Crippen LogP contribution in [-0.4, -0.2) is 58.5 Å². The summed E-state index contributed by atoms with van der Waals surface area (Å²) in [6.45, 7) is 10.4. The molecule has 28 heavy (non-hydrogen) atoms. The summed E-state index contributed by atoms with van der Waals surface area (Å²) >= 11 is 0. The fourth-order valence-corrected chi connectivity index (χ4v) is 3.63. The second kappa shape index (κ2) is 7.98. The summed E-state index contributed by atoms with van der Waals surface area (Å²) in [5.74, 6) is -0.141. The quantitative estimate of drug-likeness (QED) is 0.740. The van der Waals surface area contributed by atoms with Crippen molar-refractivity contribution in [1.29, 1.82) is 0 Å². The zero-order valence-corrected chi connectivity index (χ0v) is 16.4. The van der Waals surface area contributed by atoms with Gasteiger partial charge in [-0.1, -0.05) is 12.1 Å². The Morgan fingerprint density at radius 1 is 1.00 bits per heavy atom. The third-order valence-electron chi connectivity index (χ3n) is 5.39. The molecule has 1 aromatic heterocycles. The largest absolute Gasteiger partial charge is 0.369 e. The van der Waals surface area contributed by atoms with Gasteiger partial charge in [-0.15, -0.1) is 5.10 Å². The van der Waals surface area contributed by atoms with Gasteiger partial charge in [0.2, 0.25) is 0 Å². The number of hydrogen-bond donors (Lipinski definition) is 1. The highest BCUT2D eigenvalue weighted by Crippen LogP contribution is 2.21. The lowest BCUT2D eigenvalue weighted by molar-refractivity contribution is 0.102. The van der Waals surface area contributed by atoms with Gasteiger partial charge in [-0.25, -0.2) is 4.68 Å². The number of fused-ring (bicyclic) bond motifs is 1. The van der Waals surface area contributed by atoms with Crippen molar-refractivity contribution in [2.24, 2.45) is 0 Å². The van der Waals surface area contributed by atoms with E-state index >= 15 is 0 Å². The van der Waals surface area contributed by atoms with Crippen molar-refractivity contribution in [3.8, 4) is 0 Å². The Labute approximate surface area is 164 Å². The molecule has 3 aromatic rings. The van der Waals surface area contributed by atoms with Gasteiger partial charge in [-0.05, 0) is 55.9 Å². The summed E-state index contributed by atoms with van der Waals surface area (Å²) < 4.78 is 1.82. The molecule has 2 heterocycles. The number of nitrogens with zero attached hydrogens (tertiary/aromatic N) is 5. The minimum Gasteiger partial charge on any atom is -0.369 e. The molecule has 1 aliphatic rings. The summed E-state index contributed by atoms with van der Waals surface area (Å²) in [4.78, 5) is 17.5. The van der Waals surface area contributed by atoms with Crippen molar-refractivity contribution in [3.63, 3.8) is 0 Å². The van der Waals surface area contributed by atoms with Gasteiger partial charge >= 0.3 is 0 Å². The number of aryl methyl sites for hydroxylation is 1. The van der Waals surface area contributed by atoms with E-state index in [0.29, 0.717) is 5.56 Å². The number of aromatic nitrogens is 3. The predicted octanol–water partition coefficient (Wildman–Crippen LogP) is 2.85. The number of amides is 1. The fourth-order valence-electron chi connectivity index (χ4n) is 3.63. The van der Waals surface area contributed by atoms with Gasteiger partial charge in [0.05, 0.1) is 5.52 Å². The number of nitrogens with one attached hydrogen (secondary N) is 1. The van der Waals surface area contributed by atoms with E-state index in [1.165, 1.54) is 5.69 Å². The van der Waals surface area contributed by atoms with E-state index in [9.17, 15) is 4.79 Å². The molecule has 1 saturated heterocycles. The second-order valence-electron chi connectivity index (χ2n) is 7.03. The maximum Gasteiger partial charge on any atom is 0.255 e. The van der Waals surface area contributed by atoms with Crippen LogP contribution in [0.3, 0.4) is 0 Å². The van der Waals surface area contributed by atoms with Crippen LogP contribution in [0.2, 0.25) is 0 Å². The van der Waals surface area contributed by atoms with Gasteiger partial charge < -0.3 is 15.1 Å². The Bertz CT molecular complexity index is 957. The minimum absolute atomic E-state index is 0.141. The molecule has 0 bridgehead atoms. The standard InChI is InChI=1S/C21H26N6O/c1-3-25-11-13-26(14-12-25)18-8-6-17(7-9-18)22-21(28)16-5-10-20-19(15-16)23-24-27(20)4-2/h5-10,15H,3-4,11-14H2,1-2H3,(H,22,28). The number of hydrogen-bond acceptors (Lipinski definition) is 5. The molecule has 4 rings (SSSR count). The molecule has 1 aliphatic heterocycles. The Kier molecular flexibility index (Phi) is 5.25. The third-order valence-corrected chi connectivity index (χ3v) is 5.39. The first-order chi connectivity index (χ1) is 13.7. The van der Waals surface area contributed by atoms with E-state index in [0.717, 1.165) is 56.0 Å². The molecule has 1 fully saturated rings. The van der Waals surface area contributed by atoms with Gasteiger partial charge in [-0.2, -0.15) is 0 Å². The highest BCUT2D eigenvalue weighted by Gasteiger charge is 2.16. The van der Waals surface area contributed by atoms with Crippen LogP contribution in [-0.2, 0) is 6.54 Å². The first kappa shape index (κ1) is 18.4. The molecule has 146 valence electrons. The van der Waals surface area contributed by atoms with Crippen LogP contribution in [0.5, 0.6) is 0 Å². The summed E-state index contributed by atoms with van der Waals surface area (Å²) in [7, 11) is 0. The summed E-state index contributed by atoms with van der Waals surface area (Å²) in [6.07, 6.45) is 0. The average Bonchev–Trinajstić information content (AvgIpc) is 3.16. The van der Waals surface area contributed by atoms with E-state index in [-0.39, 0.29) is 5.91 Å². The van der Waals surface area contributed by atoms with E-state index < -0.39 is 0 Å². The van der Waals surface area contributed by atoms with Crippen molar-refractivity contribution in [2.45, 2.75) is 20.4 Å². The Morgan fingerprint density at radius 2 is 1.75 bits per heavy atom. The van der Waals surface area contributed by atoms with Gasteiger partial charge in [0.15, 0.2) is 0 Å². The number of carbonyl (C=O) groups is 1. The van der Waals surface area contributed by atoms with Crippen molar-refractivity contribution in [2.75, 3.05) is 42.9 Å². The molecule has 0 atom stereocenters. The van der Waals surface area contributed by atoms with Gasteiger partial charge in [0, 0.05) is 49.7 Å². The number of rotatable bonds is 5. The van der Waals surface area contributed by atoms with Crippen molar-refractivity contribution in [3.05, 3.63) is 48.0 Å². The van der Waals surface area contributed by atoms with Crippen LogP contribution in [0.4, 0.5) is 11.4 Å². The molecule has 0 aliphatic carbocycles. The van der Waals surface area contributed by atoms with Crippen LogP contribution in [0, 0.1) is 0 Å². The number of anilines is 2. The molecule has 7 heteroatoms. The van der Waals surface area contributed by atoms with Crippen LogP contribution < -0.4 is 10.2 Å².